The summed E-state index contributed by atoms with van der Waals surface area (Å²) in [4.78, 5) is 12.6. The summed E-state index contributed by atoms with van der Waals surface area (Å²) in [6.45, 7) is 1.88. The number of halogens is 2. The van der Waals surface area contributed by atoms with Crippen molar-refractivity contribution in [2.75, 3.05) is 14.2 Å². The van der Waals surface area contributed by atoms with Crippen LogP contribution in [0.3, 0.4) is 0 Å². The molecule has 3 nitrogen and oxygen atoms in total. The Morgan fingerprint density at radius 2 is 1.76 bits per heavy atom. The van der Waals surface area contributed by atoms with Gasteiger partial charge in [0.1, 0.15) is 10.8 Å². The van der Waals surface area contributed by atoms with Gasteiger partial charge in [0.05, 0.1) is 19.8 Å². The highest BCUT2D eigenvalue weighted by Gasteiger charge is 2.20. The maximum atomic E-state index is 12.6. The van der Waals surface area contributed by atoms with Crippen molar-refractivity contribution in [1.82, 2.24) is 0 Å². The minimum Gasteiger partial charge on any atom is -0.495 e. The largest absolute Gasteiger partial charge is 0.495 e. The van der Waals surface area contributed by atoms with E-state index in [9.17, 15) is 4.79 Å². The van der Waals surface area contributed by atoms with E-state index in [-0.39, 0.29) is 10.8 Å². The van der Waals surface area contributed by atoms with Gasteiger partial charge in [0.2, 0.25) is 0 Å². The molecular weight excluding hydrogens is 311 g/mol. The Hall–Kier alpha value is -1.71. The van der Waals surface area contributed by atoms with Crippen LogP contribution in [-0.2, 0) is 0 Å². The van der Waals surface area contributed by atoms with E-state index in [4.69, 9.17) is 32.7 Å². The summed E-state index contributed by atoms with van der Waals surface area (Å²) in [7, 11) is 2.96. The standard InChI is InChI=1S/C16H14Cl2O3/c1-9-6-10(8-11(17)7-9)15(19)12-4-5-13(20-2)14(18)16(12)21-3/h4-8H,1-3H3. The fourth-order valence-corrected chi connectivity index (χ4v) is 2.71. The molecular formula is C16H14Cl2O3. The Morgan fingerprint density at radius 1 is 1.05 bits per heavy atom. The first kappa shape index (κ1) is 15.7. The Bertz CT molecular complexity index is 676. The zero-order valence-corrected chi connectivity index (χ0v) is 13.4. The van der Waals surface area contributed by atoms with E-state index in [1.54, 1.807) is 30.3 Å². The molecule has 0 amide bonds. The Morgan fingerprint density at radius 3 is 2.33 bits per heavy atom. The van der Waals surface area contributed by atoms with Crippen molar-refractivity contribution in [3.63, 3.8) is 0 Å². The van der Waals surface area contributed by atoms with Crippen molar-refractivity contribution in [2.24, 2.45) is 0 Å². The minimum absolute atomic E-state index is 0.206. The lowest BCUT2D eigenvalue weighted by atomic mass is 10.0. The summed E-state index contributed by atoms with van der Waals surface area (Å²) in [5, 5.41) is 0.779. The van der Waals surface area contributed by atoms with E-state index in [1.165, 1.54) is 14.2 Å². The van der Waals surface area contributed by atoms with E-state index in [1.807, 2.05) is 6.92 Å². The normalized spacial score (nSPS) is 10.3. The van der Waals surface area contributed by atoms with Gasteiger partial charge in [0.15, 0.2) is 11.5 Å². The zero-order valence-electron chi connectivity index (χ0n) is 11.9. The SMILES string of the molecule is COc1ccc(C(=O)c2cc(C)cc(Cl)c2)c(OC)c1Cl. The summed E-state index contributed by atoms with van der Waals surface area (Å²) in [6.07, 6.45) is 0. The van der Waals surface area contributed by atoms with Crippen molar-refractivity contribution in [1.29, 1.82) is 0 Å². The number of benzene rings is 2. The van der Waals surface area contributed by atoms with Crippen LogP contribution in [-0.4, -0.2) is 20.0 Å². The van der Waals surface area contributed by atoms with E-state index in [0.717, 1.165) is 5.56 Å². The molecule has 0 aromatic heterocycles. The third-order valence-corrected chi connectivity index (χ3v) is 3.61. The molecule has 5 heteroatoms. The first-order valence-corrected chi connectivity index (χ1v) is 6.96. The molecule has 21 heavy (non-hydrogen) atoms. The number of carbonyl (C=O) groups is 1. The lowest BCUT2D eigenvalue weighted by Gasteiger charge is -2.12. The van der Waals surface area contributed by atoms with Crippen LogP contribution >= 0.6 is 23.2 Å². The van der Waals surface area contributed by atoms with Crippen LogP contribution in [0, 0.1) is 6.92 Å². The van der Waals surface area contributed by atoms with Crippen LogP contribution < -0.4 is 9.47 Å². The quantitative estimate of drug-likeness (QED) is 0.774. The highest BCUT2D eigenvalue weighted by molar-refractivity contribution is 6.34. The summed E-state index contributed by atoms with van der Waals surface area (Å²) in [5.41, 5.74) is 1.76. The predicted molar refractivity (Wildman–Crippen MR) is 84.2 cm³/mol. The van der Waals surface area contributed by atoms with Gasteiger partial charge in [0.25, 0.3) is 0 Å². The van der Waals surface area contributed by atoms with Crippen LogP contribution in [0.2, 0.25) is 10.0 Å². The second-order valence-corrected chi connectivity index (χ2v) is 5.32. The van der Waals surface area contributed by atoms with Crippen molar-refractivity contribution >= 4 is 29.0 Å². The molecule has 0 N–H and O–H groups in total. The summed E-state index contributed by atoms with van der Waals surface area (Å²) in [5.74, 6) is 0.535. The average molecular weight is 325 g/mol. The Balaban J connectivity index is 2.55. The van der Waals surface area contributed by atoms with Gasteiger partial charge in [-0.05, 0) is 42.8 Å². The second kappa shape index (κ2) is 6.37. The van der Waals surface area contributed by atoms with E-state index < -0.39 is 0 Å². The maximum Gasteiger partial charge on any atom is 0.196 e. The highest BCUT2D eigenvalue weighted by atomic mass is 35.5. The molecule has 0 bridgehead atoms. The van der Waals surface area contributed by atoms with Crippen LogP contribution in [0.15, 0.2) is 30.3 Å². The second-order valence-electron chi connectivity index (χ2n) is 4.51. The smallest absolute Gasteiger partial charge is 0.196 e. The monoisotopic (exact) mass is 324 g/mol. The molecule has 0 saturated carbocycles. The number of methoxy groups -OCH3 is 2. The van der Waals surface area contributed by atoms with Gasteiger partial charge >= 0.3 is 0 Å². The van der Waals surface area contributed by atoms with Gasteiger partial charge in [-0.3, -0.25) is 4.79 Å². The van der Waals surface area contributed by atoms with Crippen molar-refractivity contribution in [2.45, 2.75) is 6.92 Å². The van der Waals surface area contributed by atoms with Gasteiger partial charge in [-0.15, -0.1) is 0 Å². The lowest BCUT2D eigenvalue weighted by molar-refractivity contribution is 0.103. The molecule has 2 aromatic rings. The van der Waals surface area contributed by atoms with Crippen molar-refractivity contribution < 1.29 is 14.3 Å². The lowest BCUT2D eigenvalue weighted by Crippen LogP contribution is -2.05. The molecule has 0 spiro atoms. The third kappa shape index (κ3) is 3.14. The van der Waals surface area contributed by atoms with Crippen LogP contribution in [0.25, 0.3) is 0 Å². The summed E-state index contributed by atoms with van der Waals surface area (Å²) < 4.78 is 10.4. The van der Waals surface area contributed by atoms with E-state index in [0.29, 0.717) is 27.6 Å². The van der Waals surface area contributed by atoms with E-state index >= 15 is 0 Å². The van der Waals surface area contributed by atoms with Crippen molar-refractivity contribution in [3.05, 3.63) is 57.1 Å². The fourth-order valence-electron chi connectivity index (χ4n) is 2.10. The average Bonchev–Trinajstić information content (AvgIpc) is 2.45. The van der Waals surface area contributed by atoms with Crippen molar-refractivity contribution in [3.8, 4) is 11.5 Å². The fraction of sp³-hybridized carbons (Fsp3) is 0.188. The Kier molecular flexibility index (Phi) is 4.76. The van der Waals surface area contributed by atoms with Crippen LogP contribution in [0.5, 0.6) is 11.5 Å². The van der Waals surface area contributed by atoms with Gasteiger partial charge in [-0.1, -0.05) is 23.2 Å². The number of aryl methyl sites for hydroxylation is 1. The molecule has 0 unspecified atom stereocenters. The molecule has 0 atom stereocenters. The predicted octanol–water partition coefficient (Wildman–Crippen LogP) is 4.55. The number of carbonyl (C=O) groups excluding carboxylic acids is 1. The first-order valence-electron chi connectivity index (χ1n) is 6.20. The molecule has 0 heterocycles. The topological polar surface area (TPSA) is 35.5 Å². The Labute approximate surface area is 133 Å². The summed E-state index contributed by atoms with van der Waals surface area (Å²) in [6, 6.07) is 8.44. The summed E-state index contributed by atoms with van der Waals surface area (Å²) >= 11 is 12.2. The first-order chi connectivity index (χ1) is 9.97. The molecule has 0 fully saturated rings. The maximum absolute atomic E-state index is 12.6. The highest BCUT2D eigenvalue weighted by Crippen LogP contribution is 2.37. The van der Waals surface area contributed by atoms with Crippen LogP contribution in [0.1, 0.15) is 21.5 Å². The number of ether oxygens (including phenoxy) is 2. The zero-order chi connectivity index (χ0) is 15.6. The molecule has 0 aliphatic heterocycles. The molecule has 0 saturated heterocycles. The molecule has 0 radical (unpaired) electrons. The number of rotatable bonds is 4. The van der Waals surface area contributed by atoms with Gasteiger partial charge in [-0.2, -0.15) is 0 Å². The molecule has 2 aromatic carbocycles. The van der Waals surface area contributed by atoms with E-state index in [2.05, 4.69) is 0 Å². The molecule has 2 rings (SSSR count). The third-order valence-electron chi connectivity index (χ3n) is 3.03. The molecule has 0 aliphatic carbocycles. The molecule has 110 valence electrons. The van der Waals surface area contributed by atoms with Gasteiger partial charge < -0.3 is 9.47 Å². The van der Waals surface area contributed by atoms with Gasteiger partial charge in [0, 0.05) is 10.6 Å². The number of hydrogen-bond acceptors (Lipinski definition) is 3. The minimum atomic E-state index is -0.206. The van der Waals surface area contributed by atoms with Crippen LogP contribution in [0.4, 0.5) is 0 Å². The molecule has 0 aliphatic rings. The van der Waals surface area contributed by atoms with Gasteiger partial charge in [-0.25, -0.2) is 0 Å². The number of hydrogen-bond donors (Lipinski definition) is 0. The number of ketones is 1.